The van der Waals surface area contributed by atoms with Crippen molar-refractivity contribution in [2.45, 2.75) is 33.1 Å². The topological polar surface area (TPSA) is 52.8 Å². The fourth-order valence-electron chi connectivity index (χ4n) is 1.71. The monoisotopic (exact) mass is 246 g/mol. The molecule has 0 fully saturated rings. The molecule has 5 nitrogen and oxygen atoms in total. The molecular weight excluding hydrogens is 228 g/mol. The van der Waals surface area contributed by atoms with E-state index in [4.69, 9.17) is 4.74 Å². The largest absolute Gasteiger partial charge is 0.494 e. The number of aromatic nitrogens is 4. The Morgan fingerprint density at radius 3 is 2.89 bits per heavy atom. The van der Waals surface area contributed by atoms with Crippen LogP contribution in [0.3, 0.4) is 0 Å². The molecule has 0 bridgehead atoms. The summed E-state index contributed by atoms with van der Waals surface area (Å²) in [6.45, 7) is 4.92. The predicted octanol–water partition coefficient (Wildman–Crippen LogP) is 2.40. The normalized spacial score (nSPS) is 10.6. The standard InChI is InChI=1S/C13H18N4O/c1-3-6-13-14-15-16-17(13)11-7-5-8-12(10-11)18-9-4-2/h5,7-8,10H,3-4,6,9H2,1-2H3. The van der Waals surface area contributed by atoms with Gasteiger partial charge in [-0.15, -0.1) is 5.10 Å². The summed E-state index contributed by atoms with van der Waals surface area (Å²) >= 11 is 0. The molecule has 5 heteroatoms. The Morgan fingerprint density at radius 2 is 2.11 bits per heavy atom. The fraction of sp³-hybridized carbons (Fsp3) is 0.462. The number of benzene rings is 1. The second-order valence-corrected chi connectivity index (χ2v) is 4.10. The summed E-state index contributed by atoms with van der Waals surface area (Å²) in [5.74, 6) is 1.73. The maximum absolute atomic E-state index is 5.61. The van der Waals surface area contributed by atoms with Gasteiger partial charge >= 0.3 is 0 Å². The van der Waals surface area contributed by atoms with E-state index in [1.165, 1.54) is 0 Å². The molecule has 0 saturated carbocycles. The first-order valence-corrected chi connectivity index (χ1v) is 6.35. The molecular formula is C13H18N4O. The summed E-state index contributed by atoms with van der Waals surface area (Å²) in [7, 11) is 0. The molecule has 0 aliphatic heterocycles. The summed E-state index contributed by atoms with van der Waals surface area (Å²) in [6, 6.07) is 7.85. The molecule has 1 aromatic carbocycles. The van der Waals surface area contributed by atoms with Gasteiger partial charge in [-0.3, -0.25) is 0 Å². The van der Waals surface area contributed by atoms with E-state index in [-0.39, 0.29) is 0 Å². The van der Waals surface area contributed by atoms with E-state index in [1.807, 2.05) is 24.3 Å². The van der Waals surface area contributed by atoms with Crippen LogP contribution in [-0.4, -0.2) is 26.8 Å². The SMILES string of the molecule is CCCOc1cccc(-n2nnnc2CCC)c1. The van der Waals surface area contributed by atoms with Crippen molar-refractivity contribution >= 4 is 0 Å². The first kappa shape index (κ1) is 12.5. The zero-order valence-corrected chi connectivity index (χ0v) is 10.8. The summed E-state index contributed by atoms with van der Waals surface area (Å²) in [4.78, 5) is 0. The number of aryl methyl sites for hydroxylation is 1. The van der Waals surface area contributed by atoms with Gasteiger partial charge in [0.2, 0.25) is 0 Å². The average Bonchev–Trinajstić information content (AvgIpc) is 2.85. The highest BCUT2D eigenvalue weighted by molar-refractivity contribution is 5.38. The minimum atomic E-state index is 0.723. The molecule has 0 saturated heterocycles. The Hall–Kier alpha value is -1.91. The van der Waals surface area contributed by atoms with E-state index in [2.05, 4.69) is 29.4 Å². The van der Waals surface area contributed by atoms with Crippen molar-refractivity contribution in [1.82, 2.24) is 20.2 Å². The van der Waals surface area contributed by atoms with E-state index in [1.54, 1.807) is 4.68 Å². The van der Waals surface area contributed by atoms with Crippen molar-refractivity contribution in [1.29, 1.82) is 0 Å². The third-order valence-electron chi connectivity index (χ3n) is 2.54. The molecule has 0 aliphatic carbocycles. The number of hydrogen-bond donors (Lipinski definition) is 0. The fourth-order valence-corrected chi connectivity index (χ4v) is 1.71. The van der Waals surface area contributed by atoms with Crippen LogP contribution >= 0.6 is 0 Å². The van der Waals surface area contributed by atoms with Crippen molar-refractivity contribution in [2.75, 3.05) is 6.61 Å². The molecule has 1 heterocycles. The van der Waals surface area contributed by atoms with Gasteiger partial charge in [-0.2, -0.15) is 4.68 Å². The van der Waals surface area contributed by atoms with Crippen LogP contribution in [0, 0.1) is 0 Å². The molecule has 0 unspecified atom stereocenters. The number of nitrogens with zero attached hydrogens (tertiary/aromatic N) is 4. The average molecular weight is 246 g/mol. The molecule has 1 aromatic heterocycles. The van der Waals surface area contributed by atoms with Crippen LogP contribution in [0.15, 0.2) is 24.3 Å². The molecule has 0 N–H and O–H groups in total. The van der Waals surface area contributed by atoms with Gasteiger partial charge in [-0.05, 0) is 35.4 Å². The molecule has 2 rings (SSSR count). The van der Waals surface area contributed by atoms with Crippen LogP contribution in [0.25, 0.3) is 5.69 Å². The lowest BCUT2D eigenvalue weighted by Gasteiger charge is -2.07. The molecule has 96 valence electrons. The van der Waals surface area contributed by atoms with Crippen LogP contribution in [0.4, 0.5) is 0 Å². The molecule has 0 atom stereocenters. The van der Waals surface area contributed by atoms with Crippen molar-refractivity contribution in [2.24, 2.45) is 0 Å². The zero-order chi connectivity index (χ0) is 12.8. The third kappa shape index (κ3) is 2.85. The van der Waals surface area contributed by atoms with Crippen LogP contribution < -0.4 is 4.74 Å². The smallest absolute Gasteiger partial charge is 0.156 e. The Morgan fingerprint density at radius 1 is 1.22 bits per heavy atom. The lowest BCUT2D eigenvalue weighted by Crippen LogP contribution is -2.03. The zero-order valence-electron chi connectivity index (χ0n) is 10.8. The summed E-state index contributed by atoms with van der Waals surface area (Å²) in [6.07, 6.45) is 2.88. The quantitative estimate of drug-likeness (QED) is 0.785. The van der Waals surface area contributed by atoms with Gasteiger partial charge in [0.25, 0.3) is 0 Å². The van der Waals surface area contributed by atoms with Crippen LogP contribution in [0.5, 0.6) is 5.75 Å². The molecule has 2 aromatic rings. The minimum absolute atomic E-state index is 0.723. The van der Waals surface area contributed by atoms with Crippen molar-refractivity contribution < 1.29 is 4.74 Å². The van der Waals surface area contributed by atoms with E-state index < -0.39 is 0 Å². The second kappa shape index (κ2) is 6.14. The highest BCUT2D eigenvalue weighted by atomic mass is 16.5. The van der Waals surface area contributed by atoms with Gasteiger partial charge in [0.05, 0.1) is 12.3 Å². The summed E-state index contributed by atoms with van der Waals surface area (Å²) in [5.41, 5.74) is 0.942. The number of hydrogen-bond acceptors (Lipinski definition) is 4. The van der Waals surface area contributed by atoms with Gasteiger partial charge in [-0.1, -0.05) is 19.9 Å². The van der Waals surface area contributed by atoms with Gasteiger partial charge in [0.15, 0.2) is 5.82 Å². The van der Waals surface area contributed by atoms with Crippen molar-refractivity contribution in [3.8, 4) is 11.4 Å². The Kier molecular flexibility index (Phi) is 4.28. The highest BCUT2D eigenvalue weighted by Gasteiger charge is 2.07. The number of rotatable bonds is 6. The van der Waals surface area contributed by atoms with Crippen LogP contribution in [0.2, 0.25) is 0 Å². The van der Waals surface area contributed by atoms with E-state index in [0.29, 0.717) is 0 Å². The Bertz CT molecular complexity index is 495. The lowest BCUT2D eigenvalue weighted by molar-refractivity contribution is 0.317. The minimum Gasteiger partial charge on any atom is -0.494 e. The maximum atomic E-state index is 5.61. The van der Waals surface area contributed by atoms with Gasteiger partial charge < -0.3 is 4.74 Å². The Labute approximate surface area is 107 Å². The first-order chi connectivity index (χ1) is 8.85. The van der Waals surface area contributed by atoms with Crippen molar-refractivity contribution in [3.05, 3.63) is 30.1 Å². The second-order valence-electron chi connectivity index (χ2n) is 4.10. The predicted molar refractivity (Wildman–Crippen MR) is 68.9 cm³/mol. The van der Waals surface area contributed by atoms with E-state index >= 15 is 0 Å². The molecule has 0 aliphatic rings. The number of ether oxygens (including phenoxy) is 1. The number of tetrazole rings is 1. The van der Waals surface area contributed by atoms with Gasteiger partial charge in [0.1, 0.15) is 5.75 Å². The van der Waals surface area contributed by atoms with Gasteiger partial charge in [-0.25, -0.2) is 0 Å². The lowest BCUT2D eigenvalue weighted by atomic mass is 10.3. The maximum Gasteiger partial charge on any atom is 0.156 e. The molecule has 0 spiro atoms. The Balaban J connectivity index is 2.24. The third-order valence-corrected chi connectivity index (χ3v) is 2.54. The van der Waals surface area contributed by atoms with Crippen LogP contribution in [-0.2, 0) is 6.42 Å². The van der Waals surface area contributed by atoms with E-state index in [9.17, 15) is 0 Å². The highest BCUT2D eigenvalue weighted by Crippen LogP contribution is 2.17. The van der Waals surface area contributed by atoms with Crippen molar-refractivity contribution in [3.63, 3.8) is 0 Å². The summed E-state index contributed by atoms with van der Waals surface area (Å²) in [5, 5.41) is 11.8. The van der Waals surface area contributed by atoms with Crippen LogP contribution in [0.1, 0.15) is 32.5 Å². The van der Waals surface area contributed by atoms with E-state index in [0.717, 1.165) is 43.1 Å². The van der Waals surface area contributed by atoms with Gasteiger partial charge in [0, 0.05) is 12.5 Å². The summed E-state index contributed by atoms with van der Waals surface area (Å²) < 4.78 is 7.38. The first-order valence-electron chi connectivity index (χ1n) is 6.35. The molecule has 0 amide bonds. The molecule has 18 heavy (non-hydrogen) atoms. The molecule has 0 radical (unpaired) electrons.